The molecule has 0 saturated heterocycles. The van der Waals surface area contributed by atoms with Crippen LogP contribution < -0.4 is 10.1 Å². The summed E-state index contributed by atoms with van der Waals surface area (Å²) in [6, 6.07) is 12.2. The lowest BCUT2D eigenvalue weighted by atomic mass is 10.0. The van der Waals surface area contributed by atoms with Crippen molar-refractivity contribution in [2.75, 3.05) is 7.05 Å². The molecular formula is C15H17NO2. The molecule has 1 aromatic carbocycles. The molecule has 2 aromatic rings. The number of hydrogen-bond donors (Lipinski definition) is 1. The normalized spacial score (nSPS) is 16.5. The summed E-state index contributed by atoms with van der Waals surface area (Å²) in [6.07, 6.45) is 4.52. The zero-order valence-corrected chi connectivity index (χ0v) is 10.4. The van der Waals surface area contributed by atoms with Gasteiger partial charge in [0.2, 0.25) is 0 Å². The zero-order valence-electron chi connectivity index (χ0n) is 10.4. The van der Waals surface area contributed by atoms with Crippen LogP contribution in [0.15, 0.2) is 47.1 Å². The van der Waals surface area contributed by atoms with Gasteiger partial charge in [0.15, 0.2) is 0 Å². The molecule has 1 unspecified atom stereocenters. The summed E-state index contributed by atoms with van der Waals surface area (Å²) in [4.78, 5) is 0. The van der Waals surface area contributed by atoms with E-state index in [0.717, 1.165) is 11.5 Å². The minimum Gasteiger partial charge on any atom is -0.490 e. The van der Waals surface area contributed by atoms with Crippen molar-refractivity contribution in [3.63, 3.8) is 0 Å². The highest BCUT2D eigenvalue weighted by atomic mass is 16.5. The van der Waals surface area contributed by atoms with E-state index < -0.39 is 0 Å². The lowest BCUT2D eigenvalue weighted by Crippen LogP contribution is -2.16. The molecule has 1 fully saturated rings. The fourth-order valence-corrected chi connectivity index (χ4v) is 2.05. The molecule has 0 radical (unpaired) electrons. The summed E-state index contributed by atoms with van der Waals surface area (Å²) >= 11 is 0. The Morgan fingerprint density at radius 2 is 2.00 bits per heavy atom. The third kappa shape index (κ3) is 2.41. The largest absolute Gasteiger partial charge is 0.490 e. The van der Waals surface area contributed by atoms with E-state index in [0.29, 0.717) is 6.10 Å². The maximum absolute atomic E-state index is 5.74. The Hall–Kier alpha value is -1.74. The molecule has 1 atom stereocenters. The van der Waals surface area contributed by atoms with E-state index in [1.807, 2.05) is 31.3 Å². The van der Waals surface area contributed by atoms with Crippen LogP contribution in [-0.2, 0) is 0 Å². The van der Waals surface area contributed by atoms with Gasteiger partial charge in [-0.2, -0.15) is 0 Å². The van der Waals surface area contributed by atoms with Gasteiger partial charge >= 0.3 is 0 Å². The van der Waals surface area contributed by atoms with Crippen molar-refractivity contribution < 1.29 is 9.15 Å². The molecule has 94 valence electrons. The van der Waals surface area contributed by atoms with Crippen molar-refractivity contribution in [3.05, 3.63) is 54.0 Å². The van der Waals surface area contributed by atoms with Crippen LogP contribution >= 0.6 is 0 Å². The van der Waals surface area contributed by atoms with E-state index >= 15 is 0 Å². The van der Waals surface area contributed by atoms with E-state index in [-0.39, 0.29) is 6.04 Å². The molecule has 1 heterocycles. The monoisotopic (exact) mass is 243 g/mol. The predicted molar refractivity (Wildman–Crippen MR) is 69.7 cm³/mol. The van der Waals surface area contributed by atoms with Gasteiger partial charge in [0.05, 0.1) is 18.4 Å². The van der Waals surface area contributed by atoms with Crippen molar-refractivity contribution >= 4 is 0 Å². The highest BCUT2D eigenvalue weighted by molar-refractivity contribution is 5.33. The molecule has 18 heavy (non-hydrogen) atoms. The maximum Gasteiger partial charge on any atom is 0.125 e. The average molecular weight is 243 g/mol. The molecule has 3 rings (SSSR count). The molecule has 0 amide bonds. The summed E-state index contributed by atoms with van der Waals surface area (Å²) in [5, 5.41) is 3.26. The number of ether oxygens (including phenoxy) is 1. The second-order valence-corrected chi connectivity index (χ2v) is 4.62. The number of rotatable bonds is 5. The van der Waals surface area contributed by atoms with E-state index in [1.165, 1.54) is 18.4 Å². The van der Waals surface area contributed by atoms with Gasteiger partial charge in [-0.1, -0.05) is 12.1 Å². The van der Waals surface area contributed by atoms with Gasteiger partial charge in [-0.15, -0.1) is 0 Å². The van der Waals surface area contributed by atoms with Crippen molar-refractivity contribution in [1.82, 2.24) is 5.32 Å². The molecule has 1 N–H and O–H groups in total. The summed E-state index contributed by atoms with van der Waals surface area (Å²) in [7, 11) is 1.93. The molecule has 1 aliphatic carbocycles. The highest BCUT2D eigenvalue weighted by Gasteiger charge is 2.23. The topological polar surface area (TPSA) is 34.4 Å². The zero-order chi connectivity index (χ0) is 12.4. The van der Waals surface area contributed by atoms with Crippen molar-refractivity contribution in [2.45, 2.75) is 25.0 Å². The third-order valence-corrected chi connectivity index (χ3v) is 3.16. The summed E-state index contributed by atoms with van der Waals surface area (Å²) in [6.45, 7) is 0. The Bertz CT molecular complexity index is 486. The summed E-state index contributed by atoms with van der Waals surface area (Å²) in [5.41, 5.74) is 1.18. The third-order valence-electron chi connectivity index (χ3n) is 3.16. The lowest BCUT2D eigenvalue weighted by molar-refractivity contribution is 0.303. The van der Waals surface area contributed by atoms with Gasteiger partial charge in [0.25, 0.3) is 0 Å². The average Bonchev–Trinajstić information content (AvgIpc) is 3.05. The van der Waals surface area contributed by atoms with Gasteiger partial charge in [-0.25, -0.2) is 0 Å². The van der Waals surface area contributed by atoms with Gasteiger partial charge in [-0.3, -0.25) is 0 Å². The van der Waals surface area contributed by atoms with Gasteiger partial charge < -0.3 is 14.5 Å². The lowest BCUT2D eigenvalue weighted by Gasteiger charge is -2.14. The smallest absolute Gasteiger partial charge is 0.125 e. The van der Waals surface area contributed by atoms with E-state index in [1.54, 1.807) is 6.26 Å². The molecule has 0 bridgehead atoms. The first-order valence-electron chi connectivity index (χ1n) is 6.34. The highest BCUT2D eigenvalue weighted by Crippen LogP contribution is 2.28. The van der Waals surface area contributed by atoms with Crippen LogP contribution in [0.5, 0.6) is 5.75 Å². The van der Waals surface area contributed by atoms with Crippen LogP contribution in [0.3, 0.4) is 0 Å². The van der Waals surface area contributed by atoms with Crippen molar-refractivity contribution in [2.24, 2.45) is 0 Å². The molecule has 1 aliphatic rings. The molecule has 3 nitrogen and oxygen atoms in total. The minimum atomic E-state index is 0.0926. The van der Waals surface area contributed by atoms with Crippen LogP contribution in [0.25, 0.3) is 0 Å². The Morgan fingerprint density at radius 1 is 1.22 bits per heavy atom. The molecule has 0 spiro atoms. The second-order valence-electron chi connectivity index (χ2n) is 4.62. The molecule has 1 aromatic heterocycles. The Balaban J connectivity index is 1.77. The van der Waals surface area contributed by atoms with Gasteiger partial charge in [0, 0.05) is 0 Å². The maximum atomic E-state index is 5.74. The Morgan fingerprint density at radius 3 is 2.56 bits per heavy atom. The van der Waals surface area contributed by atoms with E-state index in [2.05, 4.69) is 17.4 Å². The number of nitrogens with one attached hydrogen (secondary N) is 1. The molecule has 0 aliphatic heterocycles. The number of furan rings is 1. The first-order valence-corrected chi connectivity index (χ1v) is 6.34. The van der Waals surface area contributed by atoms with E-state index in [4.69, 9.17) is 9.15 Å². The van der Waals surface area contributed by atoms with Crippen molar-refractivity contribution in [3.8, 4) is 5.75 Å². The Labute approximate surface area is 107 Å². The number of benzene rings is 1. The molecule has 1 saturated carbocycles. The van der Waals surface area contributed by atoms with Crippen LogP contribution in [0.1, 0.15) is 30.2 Å². The van der Waals surface area contributed by atoms with Crippen LogP contribution in [0.2, 0.25) is 0 Å². The summed E-state index contributed by atoms with van der Waals surface area (Å²) < 4.78 is 11.2. The molecule has 3 heteroatoms. The first-order chi connectivity index (χ1) is 8.86. The van der Waals surface area contributed by atoms with E-state index in [9.17, 15) is 0 Å². The molecular weight excluding hydrogens is 226 g/mol. The van der Waals surface area contributed by atoms with Crippen LogP contribution in [0, 0.1) is 0 Å². The van der Waals surface area contributed by atoms with Crippen molar-refractivity contribution in [1.29, 1.82) is 0 Å². The van der Waals surface area contributed by atoms with Gasteiger partial charge in [-0.05, 0) is 49.7 Å². The second kappa shape index (κ2) is 4.86. The SMILES string of the molecule is CNC(c1ccc(OC2CC2)cc1)c1ccco1. The standard InChI is InChI=1S/C15H17NO2/c1-16-15(14-3-2-10-17-14)11-4-6-12(7-5-11)18-13-8-9-13/h2-7,10,13,15-16H,8-9H2,1H3. The fraction of sp³-hybridized carbons (Fsp3) is 0.333. The first kappa shape index (κ1) is 11.4. The van der Waals surface area contributed by atoms with Gasteiger partial charge in [0.1, 0.15) is 11.5 Å². The van der Waals surface area contributed by atoms with Crippen LogP contribution in [0.4, 0.5) is 0 Å². The summed E-state index contributed by atoms with van der Waals surface area (Å²) in [5.74, 6) is 1.88. The Kier molecular flexibility index (Phi) is 3.07. The van der Waals surface area contributed by atoms with Crippen LogP contribution in [-0.4, -0.2) is 13.2 Å². The fourth-order valence-electron chi connectivity index (χ4n) is 2.05. The predicted octanol–water partition coefficient (Wildman–Crippen LogP) is 3.13. The minimum absolute atomic E-state index is 0.0926. The number of hydrogen-bond acceptors (Lipinski definition) is 3. The quantitative estimate of drug-likeness (QED) is 0.876.